The molecule has 0 radical (unpaired) electrons. The van der Waals surface area contributed by atoms with Gasteiger partial charge in [-0.15, -0.1) is 0 Å². The Morgan fingerprint density at radius 3 is 2.74 bits per heavy atom. The Kier molecular flexibility index (Phi) is 4.16. The van der Waals surface area contributed by atoms with Gasteiger partial charge in [0.15, 0.2) is 0 Å². The van der Waals surface area contributed by atoms with Crippen molar-refractivity contribution >= 4 is 0 Å². The molecule has 0 spiro atoms. The second kappa shape index (κ2) is 5.51. The van der Waals surface area contributed by atoms with E-state index in [4.69, 9.17) is 10.5 Å². The summed E-state index contributed by atoms with van der Waals surface area (Å²) >= 11 is 0. The Bertz CT molecular complexity index is 435. The molecule has 2 atom stereocenters. The number of rotatable bonds is 5. The number of aliphatic hydroxyl groups is 1. The molecule has 3 nitrogen and oxygen atoms in total. The molecule has 1 aromatic rings. The zero-order valence-corrected chi connectivity index (χ0v) is 12.0. The minimum Gasteiger partial charge on any atom is -0.493 e. The fourth-order valence-electron chi connectivity index (χ4n) is 3.27. The number of nitrogens with two attached hydrogens (primary N) is 1. The first-order valence-electron chi connectivity index (χ1n) is 7.24. The summed E-state index contributed by atoms with van der Waals surface area (Å²) in [5.74, 6) is 0.932. The van der Waals surface area contributed by atoms with Crippen molar-refractivity contribution in [2.75, 3.05) is 13.2 Å². The highest BCUT2D eigenvalue weighted by Gasteiger charge is 2.50. The van der Waals surface area contributed by atoms with E-state index >= 15 is 0 Å². The third kappa shape index (κ3) is 2.37. The van der Waals surface area contributed by atoms with Crippen LogP contribution in [0.2, 0.25) is 0 Å². The van der Waals surface area contributed by atoms with Gasteiger partial charge in [-0.05, 0) is 30.9 Å². The topological polar surface area (TPSA) is 55.5 Å². The SMILES string of the molecule is CCCC(O)(CC)C1(CN)COc2ccccc2C1. The average Bonchev–Trinajstić information content (AvgIpc) is 2.46. The first-order valence-corrected chi connectivity index (χ1v) is 7.24. The summed E-state index contributed by atoms with van der Waals surface area (Å²) < 4.78 is 5.88. The molecule has 0 bridgehead atoms. The average molecular weight is 263 g/mol. The van der Waals surface area contributed by atoms with E-state index in [1.807, 2.05) is 25.1 Å². The zero-order chi connectivity index (χ0) is 13.9. The van der Waals surface area contributed by atoms with Crippen LogP contribution in [0.25, 0.3) is 0 Å². The van der Waals surface area contributed by atoms with Crippen molar-refractivity contribution in [1.82, 2.24) is 0 Å². The van der Waals surface area contributed by atoms with E-state index in [0.717, 1.165) is 30.6 Å². The van der Waals surface area contributed by atoms with Gasteiger partial charge in [0.25, 0.3) is 0 Å². The van der Waals surface area contributed by atoms with Gasteiger partial charge >= 0.3 is 0 Å². The van der Waals surface area contributed by atoms with Crippen molar-refractivity contribution in [3.05, 3.63) is 29.8 Å². The summed E-state index contributed by atoms with van der Waals surface area (Å²) in [7, 11) is 0. The van der Waals surface area contributed by atoms with Crippen molar-refractivity contribution in [1.29, 1.82) is 0 Å². The largest absolute Gasteiger partial charge is 0.493 e. The lowest BCUT2D eigenvalue weighted by molar-refractivity contribution is -0.115. The molecule has 0 aromatic heterocycles. The number of benzene rings is 1. The van der Waals surface area contributed by atoms with Crippen molar-refractivity contribution < 1.29 is 9.84 Å². The van der Waals surface area contributed by atoms with E-state index in [-0.39, 0.29) is 5.41 Å². The Hall–Kier alpha value is -1.06. The van der Waals surface area contributed by atoms with E-state index in [2.05, 4.69) is 13.0 Å². The minimum absolute atomic E-state index is 0.369. The van der Waals surface area contributed by atoms with E-state index in [1.54, 1.807) is 0 Å². The van der Waals surface area contributed by atoms with E-state index in [9.17, 15) is 5.11 Å². The van der Waals surface area contributed by atoms with Crippen LogP contribution in [0.15, 0.2) is 24.3 Å². The Labute approximate surface area is 115 Å². The lowest BCUT2D eigenvalue weighted by atomic mass is 9.64. The highest BCUT2D eigenvalue weighted by atomic mass is 16.5. The molecule has 0 amide bonds. The molecule has 106 valence electrons. The van der Waals surface area contributed by atoms with E-state index in [1.165, 1.54) is 0 Å². The molecule has 1 heterocycles. The first-order chi connectivity index (χ1) is 9.11. The number of fused-ring (bicyclic) bond motifs is 1. The van der Waals surface area contributed by atoms with Crippen LogP contribution < -0.4 is 10.5 Å². The number of para-hydroxylation sites is 1. The molecular formula is C16H25NO2. The number of ether oxygens (including phenoxy) is 1. The summed E-state index contributed by atoms with van der Waals surface area (Å²) in [5.41, 5.74) is 6.09. The third-order valence-electron chi connectivity index (χ3n) is 4.63. The van der Waals surface area contributed by atoms with Gasteiger partial charge in [0.1, 0.15) is 5.75 Å². The normalized spacial score (nSPS) is 25.3. The van der Waals surface area contributed by atoms with Crippen LogP contribution in [0, 0.1) is 5.41 Å². The van der Waals surface area contributed by atoms with Gasteiger partial charge in [-0.3, -0.25) is 0 Å². The highest BCUT2D eigenvalue weighted by molar-refractivity contribution is 5.37. The summed E-state index contributed by atoms with van der Waals surface area (Å²) in [4.78, 5) is 0. The fraction of sp³-hybridized carbons (Fsp3) is 0.625. The maximum absolute atomic E-state index is 11.1. The molecule has 0 saturated carbocycles. The predicted molar refractivity (Wildman–Crippen MR) is 77.3 cm³/mol. The molecule has 3 N–H and O–H groups in total. The van der Waals surface area contributed by atoms with Crippen molar-refractivity contribution in [3.63, 3.8) is 0 Å². The maximum atomic E-state index is 11.1. The zero-order valence-electron chi connectivity index (χ0n) is 12.0. The molecule has 1 aliphatic heterocycles. The Balaban J connectivity index is 2.35. The standard InChI is InChI=1S/C16H25NO2/c1-3-9-16(18,4-2)15(11-17)10-13-7-5-6-8-14(13)19-12-15/h5-8,18H,3-4,9-12,17H2,1-2H3. The van der Waals surface area contributed by atoms with Crippen molar-refractivity contribution in [2.45, 2.75) is 45.1 Å². The van der Waals surface area contributed by atoms with Gasteiger partial charge in [-0.25, -0.2) is 0 Å². The molecule has 1 aromatic carbocycles. The Morgan fingerprint density at radius 2 is 2.11 bits per heavy atom. The van der Waals surface area contributed by atoms with E-state index in [0.29, 0.717) is 19.6 Å². The molecule has 2 unspecified atom stereocenters. The smallest absolute Gasteiger partial charge is 0.122 e. The summed E-state index contributed by atoms with van der Waals surface area (Å²) in [6.45, 7) is 5.09. The molecule has 1 aliphatic rings. The minimum atomic E-state index is -0.746. The van der Waals surface area contributed by atoms with Crippen LogP contribution in [0.3, 0.4) is 0 Å². The molecule has 19 heavy (non-hydrogen) atoms. The second-order valence-corrected chi connectivity index (χ2v) is 5.69. The molecule has 0 aliphatic carbocycles. The molecule has 0 saturated heterocycles. The summed E-state index contributed by atoms with van der Waals surface area (Å²) in [6, 6.07) is 8.05. The first kappa shape index (κ1) is 14.4. The second-order valence-electron chi connectivity index (χ2n) is 5.69. The third-order valence-corrected chi connectivity index (χ3v) is 4.63. The van der Waals surface area contributed by atoms with Crippen molar-refractivity contribution in [3.8, 4) is 5.75 Å². The summed E-state index contributed by atoms with van der Waals surface area (Å²) in [5, 5.41) is 11.1. The van der Waals surface area contributed by atoms with Crippen LogP contribution in [0.1, 0.15) is 38.7 Å². The molecular weight excluding hydrogens is 238 g/mol. The number of hydrogen-bond acceptors (Lipinski definition) is 3. The Morgan fingerprint density at radius 1 is 1.37 bits per heavy atom. The van der Waals surface area contributed by atoms with Gasteiger partial charge in [0.2, 0.25) is 0 Å². The molecule has 0 fully saturated rings. The van der Waals surface area contributed by atoms with Crippen LogP contribution >= 0.6 is 0 Å². The molecule has 2 rings (SSSR count). The van der Waals surface area contributed by atoms with Crippen LogP contribution in [-0.2, 0) is 6.42 Å². The van der Waals surface area contributed by atoms with Gasteiger partial charge in [0.05, 0.1) is 12.2 Å². The highest BCUT2D eigenvalue weighted by Crippen LogP contribution is 2.44. The van der Waals surface area contributed by atoms with Gasteiger partial charge < -0.3 is 15.6 Å². The van der Waals surface area contributed by atoms with Crippen LogP contribution in [0.5, 0.6) is 5.75 Å². The summed E-state index contributed by atoms with van der Waals surface area (Å²) in [6.07, 6.45) is 3.23. The van der Waals surface area contributed by atoms with Gasteiger partial charge in [-0.2, -0.15) is 0 Å². The van der Waals surface area contributed by atoms with Crippen LogP contribution in [-0.4, -0.2) is 23.9 Å². The lowest BCUT2D eigenvalue weighted by Crippen LogP contribution is -2.58. The monoisotopic (exact) mass is 263 g/mol. The van der Waals surface area contributed by atoms with E-state index < -0.39 is 5.60 Å². The fourth-order valence-corrected chi connectivity index (χ4v) is 3.27. The van der Waals surface area contributed by atoms with Gasteiger partial charge in [0, 0.05) is 12.0 Å². The predicted octanol–water partition coefficient (Wildman–Crippen LogP) is 2.51. The molecule has 3 heteroatoms. The van der Waals surface area contributed by atoms with Gasteiger partial charge in [-0.1, -0.05) is 38.5 Å². The number of hydrogen-bond donors (Lipinski definition) is 2. The van der Waals surface area contributed by atoms with Crippen LogP contribution in [0.4, 0.5) is 0 Å². The van der Waals surface area contributed by atoms with Crippen molar-refractivity contribution in [2.24, 2.45) is 11.1 Å². The maximum Gasteiger partial charge on any atom is 0.122 e. The lowest BCUT2D eigenvalue weighted by Gasteiger charge is -2.48. The quantitative estimate of drug-likeness (QED) is 0.858.